The van der Waals surface area contributed by atoms with Crippen LogP contribution in [0.5, 0.6) is 0 Å². The Morgan fingerprint density at radius 2 is 1.71 bits per heavy atom. The van der Waals surface area contributed by atoms with Gasteiger partial charge >= 0.3 is 0 Å². The second-order valence-electron chi connectivity index (χ2n) is 4.93. The Hall–Kier alpha value is -1.22. The maximum atomic E-state index is 5.99. The van der Waals surface area contributed by atoms with E-state index in [1.54, 1.807) is 0 Å². The van der Waals surface area contributed by atoms with Gasteiger partial charge < -0.3 is 9.16 Å². The highest BCUT2D eigenvalue weighted by molar-refractivity contribution is 6.70. The summed E-state index contributed by atoms with van der Waals surface area (Å²) < 4.78 is 11.6. The van der Waals surface area contributed by atoms with Gasteiger partial charge in [0, 0.05) is 5.57 Å². The summed E-state index contributed by atoms with van der Waals surface area (Å²) in [6.45, 7) is 11.1. The minimum absolute atomic E-state index is 0.629. The van der Waals surface area contributed by atoms with Gasteiger partial charge in [0.2, 0.25) is 8.32 Å². The van der Waals surface area contributed by atoms with Crippen LogP contribution in [0.25, 0.3) is 5.57 Å². The van der Waals surface area contributed by atoms with Crippen molar-refractivity contribution in [3.8, 4) is 0 Å². The van der Waals surface area contributed by atoms with Gasteiger partial charge in [-0.25, -0.2) is 0 Å². The van der Waals surface area contributed by atoms with Gasteiger partial charge in [0.05, 0.1) is 6.61 Å². The lowest BCUT2D eigenvalue weighted by atomic mass is 10.1. The monoisotopic (exact) mass is 250 g/mol. The Morgan fingerprint density at radius 3 is 2.18 bits per heavy atom. The predicted octanol–water partition coefficient (Wildman–Crippen LogP) is 4.26. The molecule has 0 heterocycles. The number of allylic oxidation sites excluding steroid dienone is 1. The van der Waals surface area contributed by atoms with Crippen molar-refractivity contribution in [2.75, 3.05) is 6.61 Å². The highest BCUT2D eigenvalue weighted by atomic mass is 28.4. The summed E-state index contributed by atoms with van der Waals surface area (Å²) in [6.07, 6.45) is 0. The van der Waals surface area contributed by atoms with E-state index in [4.69, 9.17) is 9.16 Å². The van der Waals surface area contributed by atoms with Crippen LogP contribution in [0.15, 0.2) is 36.3 Å². The van der Waals surface area contributed by atoms with Gasteiger partial charge in [-0.15, -0.1) is 0 Å². The second-order valence-corrected chi connectivity index (χ2v) is 9.35. The van der Waals surface area contributed by atoms with Crippen LogP contribution < -0.4 is 0 Å². The zero-order valence-electron chi connectivity index (χ0n) is 11.4. The van der Waals surface area contributed by atoms with Gasteiger partial charge in [-0.05, 0) is 39.1 Å². The molecule has 0 atom stereocenters. The lowest BCUT2D eigenvalue weighted by Gasteiger charge is -2.23. The third-order valence-electron chi connectivity index (χ3n) is 2.19. The molecular formula is C14H22O2Si. The quantitative estimate of drug-likeness (QED) is 0.574. The van der Waals surface area contributed by atoms with Crippen LogP contribution in [-0.4, -0.2) is 14.9 Å². The maximum absolute atomic E-state index is 5.99. The summed E-state index contributed by atoms with van der Waals surface area (Å²) in [4.78, 5) is 0. The van der Waals surface area contributed by atoms with E-state index >= 15 is 0 Å². The second kappa shape index (κ2) is 5.91. The average molecular weight is 250 g/mol. The van der Waals surface area contributed by atoms with Gasteiger partial charge in [0.15, 0.2) is 0 Å². The van der Waals surface area contributed by atoms with Crippen LogP contribution in [0.2, 0.25) is 19.6 Å². The fourth-order valence-corrected chi connectivity index (χ4v) is 2.20. The summed E-state index contributed by atoms with van der Waals surface area (Å²) in [5.74, 6) is 0.679. The van der Waals surface area contributed by atoms with Crippen molar-refractivity contribution in [1.29, 1.82) is 0 Å². The molecule has 0 aliphatic heterocycles. The first kappa shape index (κ1) is 13.8. The summed E-state index contributed by atoms with van der Waals surface area (Å²) in [6, 6.07) is 10.2. The fraction of sp³-hybridized carbons (Fsp3) is 0.429. The third-order valence-corrected chi connectivity index (χ3v) is 2.99. The van der Waals surface area contributed by atoms with Crippen LogP contribution in [-0.2, 0) is 9.16 Å². The average Bonchev–Trinajstić information content (AvgIpc) is 2.27. The molecule has 0 aliphatic rings. The summed E-state index contributed by atoms with van der Waals surface area (Å²) in [5, 5.41) is 0. The Kier molecular flexibility index (Phi) is 4.81. The number of rotatable bonds is 5. The SMILES string of the molecule is CCO/C(O[Si](C)(C)C)=C(/C)c1ccccc1. The van der Waals surface area contributed by atoms with Crippen molar-refractivity contribution in [2.24, 2.45) is 0 Å². The molecule has 0 unspecified atom stereocenters. The largest absolute Gasteiger partial charge is 0.520 e. The Labute approximate surface area is 105 Å². The summed E-state index contributed by atoms with van der Waals surface area (Å²) in [5.41, 5.74) is 2.21. The van der Waals surface area contributed by atoms with E-state index in [2.05, 4.69) is 31.8 Å². The zero-order valence-corrected chi connectivity index (χ0v) is 12.4. The van der Waals surface area contributed by atoms with Crippen LogP contribution in [0.4, 0.5) is 0 Å². The first-order valence-corrected chi connectivity index (χ1v) is 9.43. The molecule has 17 heavy (non-hydrogen) atoms. The fourth-order valence-electron chi connectivity index (χ4n) is 1.43. The minimum Gasteiger partial charge on any atom is -0.520 e. The first-order chi connectivity index (χ1) is 7.94. The smallest absolute Gasteiger partial charge is 0.268 e. The molecule has 1 aromatic rings. The summed E-state index contributed by atoms with van der Waals surface area (Å²) in [7, 11) is -1.64. The third kappa shape index (κ3) is 4.65. The molecule has 0 aromatic heterocycles. The molecule has 3 heteroatoms. The van der Waals surface area contributed by atoms with E-state index in [0.29, 0.717) is 12.6 Å². The van der Waals surface area contributed by atoms with E-state index in [-0.39, 0.29) is 0 Å². The molecule has 1 rings (SSSR count). The molecule has 1 aromatic carbocycles. The molecule has 0 fully saturated rings. The van der Waals surface area contributed by atoms with Crippen LogP contribution >= 0.6 is 0 Å². The van der Waals surface area contributed by atoms with Gasteiger partial charge in [-0.1, -0.05) is 30.3 Å². The molecule has 0 radical (unpaired) electrons. The van der Waals surface area contributed by atoms with Crippen molar-refractivity contribution in [1.82, 2.24) is 0 Å². The van der Waals surface area contributed by atoms with Crippen molar-refractivity contribution >= 4 is 13.9 Å². The number of hydrogen-bond donors (Lipinski definition) is 0. The summed E-state index contributed by atoms with van der Waals surface area (Å²) >= 11 is 0. The molecule has 2 nitrogen and oxygen atoms in total. The molecule has 0 bridgehead atoms. The standard InChI is InChI=1S/C14H22O2Si/c1-6-15-14(16-17(3,4)5)12(2)13-10-8-7-9-11-13/h7-11H,6H2,1-5H3/b14-12+. The van der Waals surface area contributed by atoms with Crippen molar-refractivity contribution < 1.29 is 9.16 Å². The van der Waals surface area contributed by atoms with E-state index in [1.165, 1.54) is 0 Å². The van der Waals surface area contributed by atoms with E-state index in [0.717, 1.165) is 11.1 Å². The lowest BCUT2D eigenvalue weighted by Crippen LogP contribution is -2.26. The highest BCUT2D eigenvalue weighted by Gasteiger charge is 2.20. The van der Waals surface area contributed by atoms with E-state index < -0.39 is 8.32 Å². The van der Waals surface area contributed by atoms with Crippen LogP contribution in [0.1, 0.15) is 19.4 Å². The lowest BCUT2D eigenvalue weighted by molar-refractivity contribution is 0.114. The molecule has 94 valence electrons. The molecule has 0 aliphatic carbocycles. The van der Waals surface area contributed by atoms with E-state index in [9.17, 15) is 0 Å². The number of hydrogen-bond acceptors (Lipinski definition) is 2. The molecule has 0 spiro atoms. The van der Waals surface area contributed by atoms with Gasteiger partial charge in [0.25, 0.3) is 5.95 Å². The zero-order chi connectivity index (χ0) is 12.9. The molecule has 0 N–H and O–H groups in total. The maximum Gasteiger partial charge on any atom is 0.268 e. The van der Waals surface area contributed by atoms with Crippen molar-refractivity contribution in [3.63, 3.8) is 0 Å². The molecule has 0 saturated heterocycles. The Bertz CT molecular complexity index is 377. The van der Waals surface area contributed by atoms with Crippen molar-refractivity contribution in [2.45, 2.75) is 33.5 Å². The molecule has 0 amide bonds. The Balaban J connectivity index is 3.02. The molecule has 0 saturated carbocycles. The highest BCUT2D eigenvalue weighted by Crippen LogP contribution is 2.22. The predicted molar refractivity (Wildman–Crippen MR) is 75.1 cm³/mol. The van der Waals surface area contributed by atoms with E-state index in [1.807, 2.05) is 32.0 Å². The molecular weight excluding hydrogens is 228 g/mol. The van der Waals surface area contributed by atoms with Crippen LogP contribution in [0, 0.1) is 0 Å². The van der Waals surface area contributed by atoms with Crippen molar-refractivity contribution in [3.05, 3.63) is 41.8 Å². The van der Waals surface area contributed by atoms with Gasteiger partial charge in [-0.2, -0.15) is 0 Å². The van der Waals surface area contributed by atoms with Crippen LogP contribution in [0.3, 0.4) is 0 Å². The Morgan fingerprint density at radius 1 is 1.12 bits per heavy atom. The van der Waals surface area contributed by atoms with Gasteiger partial charge in [0.1, 0.15) is 0 Å². The first-order valence-electron chi connectivity index (χ1n) is 6.02. The van der Waals surface area contributed by atoms with Gasteiger partial charge in [-0.3, -0.25) is 0 Å². The number of benzene rings is 1. The minimum atomic E-state index is -1.64. The topological polar surface area (TPSA) is 18.5 Å². The number of ether oxygens (including phenoxy) is 1. The normalized spacial score (nSPS) is 13.0.